The molecular weight excluding hydrogens is 494 g/mol. The van der Waals surface area contributed by atoms with E-state index in [0.717, 1.165) is 0 Å². The maximum atomic E-state index is 12.6. The number of alkyl carbamates (subject to hydrolysis) is 1. The van der Waals surface area contributed by atoms with E-state index in [1.54, 1.807) is 20.8 Å². The number of hydrogen-bond acceptors (Lipinski definition) is 9. The second-order valence-corrected chi connectivity index (χ2v) is 9.92. The normalized spacial score (nSPS) is 13.3. The number of esters is 1. The first-order valence-corrected chi connectivity index (χ1v) is 12.6. The Morgan fingerprint density at radius 2 is 1.50 bits per heavy atom. The van der Waals surface area contributed by atoms with Crippen molar-refractivity contribution in [3.63, 3.8) is 0 Å². The predicted octanol–water partition coefficient (Wildman–Crippen LogP) is -0.215. The third-order valence-electron chi connectivity index (χ3n) is 4.29. The number of amides is 5. The Morgan fingerprint density at radius 3 is 2.03 bits per heavy atom. The molecule has 0 aliphatic rings. The molecule has 0 aromatic rings. The highest BCUT2D eigenvalue weighted by Gasteiger charge is 2.27. The Hall–Kier alpha value is -3.03. The fourth-order valence-electron chi connectivity index (χ4n) is 2.64. The zero-order valence-electron chi connectivity index (χ0n) is 21.9. The molecule has 14 heteroatoms. The van der Waals surface area contributed by atoms with Gasteiger partial charge in [0.2, 0.25) is 23.6 Å². The van der Waals surface area contributed by atoms with E-state index >= 15 is 0 Å². The molecule has 3 atom stereocenters. The maximum absolute atomic E-state index is 12.6. The summed E-state index contributed by atoms with van der Waals surface area (Å²) in [5.74, 6) is -2.16. The number of rotatable bonds is 14. The van der Waals surface area contributed by atoms with Gasteiger partial charge in [-0.3, -0.25) is 19.2 Å². The topological polar surface area (TPSA) is 181 Å². The number of thioether (sulfide) groups is 1. The van der Waals surface area contributed by atoms with Crippen molar-refractivity contribution in [2.45, 2.75) is 78.1 Å². The smallest absolute Gasteiger partial charge is 0.407 e. The molecule has 206 valence electrons. The third kappa shape index (κ3) is 15.8. The lowest BCUT2D eigenvalue weighted by atomic mass is 10.1. The molecule has 5 amide bonds. The highest BCUT2D eigenvalue weighted by Crippen LogP contribution is 2.07. The molecule has 0 heterocycles. The molecule has 0 fully saturated rings. The van der Waals surface area contributed by atoms with Crippen molar-refractivity contribution >= 4 is 47.5 Å². The minimum Gasteiger partial charge on any atom is -0.467 e. The van der Waals surface area contributed by atoms with E-state index in [1.807, 2.05) is 0 Å². The summed E-state index contributed by atoms with van der Waals surface area (Å²) < 4.78 is 9.87. The van der Waals surface area contributed by atoms with E-state index in [-0.39, 0.29) is 30.5 Å². The van der Waals surface area contributed by atoms with Gasteiger partial charge in [0, 0.05) is 26.1 Å². The van der Waals surface area contributed by atoms with Gasteiger partial charge in [-0.2, -0.15) is 0 Å². The molecule has 0 bridgehead atoms. The molecule has 0 aromatic heterocycles. The molecular formula is C22H39N5O8S. The van der Waals surface area contributed by atoms with Crippen LogP contribution in [0.5, 0.6) is 0 Å². The first-order chi connectivity index (χ1) is 16.7. The summed E-state index contributed by atoms with van der Waals surface area (Å²) in [7, 11) is 1.18. The highest BCUT2D eigenvalue weighted by molar-refractivity contribution is 7.99. The predicted molar refractivity (Wildman–Crippen MR) is 134 cm³/mol. The standard InChI is InChI=1S/C22H39N5O8S/c1-13(25-19(31)17(26-15(3)29)11-36-12-24-14(2)28)18(30)27-16(20(32)34-7)9-8-10-23-21(33)35-22(4,5)6/h13,16-17H,8-12H2,1-7H3,(H,23,33)(H,24,28)(H,25,31)(H,26,29)(H,27,30)/t13-,16-,17-/m1/s1. The number of carbonyl (C=O) groups is 6. The van der Waals surface area contributed by atoms with Crippen molar-refractivity contribution in [1.82, 2.24) is 26.6 Å². The summed E-state index contributed by atoms with van der Waals surface area (Å²) in [5.41, 5.74) is -0.643. The van der Waals surface area contributed by atoms with Crippen LogP contribution in [0.15, 0.2) is 0 Å². The number of hydrogen-bond donors (Lipinski definition) is 5. The van der Waals surface area contributed by atoms with Crippen LogP contribution in [0.1, 0.15) is 54.4 Å². The zero-order valence-corrected chi connectivity index (χ0v) is 22.8. The van der Waals surface area contributed by atoms with E-state index in [0.29, 0.717) is 6.42 Å². The Kier molecular flexibility index (Phi) is 15.2. The van der Waals surface area contributed by atoms with Crippen LogP contribution in [0, 0.1) is 0 Å². The van der Waals surface area contributed by atoms with Gasteiger partial charge in [0.05, 0.1) is 13.0 Å². The van der Waals surface area contributed by atoms with Crippen LogP contribution >= 0.6 is 11.8 Å². The summed E-state index contributed by atoms with van der Waals surface area (Å²) in [5, 5.41) is 12.7. The minimum absolute atomic E-state index is 0.162. The van der Waals surface area contributed by atoms with Crippen molar-refractivity contribution in [2.75, 3.05) is 25.3 Å². The molecule has 0 radical (unpaired) electrons. The highest BCUT2D eigenvalue weighted by atomic mass is 32.2. The first kappa shape index (κ1) is 33.0. The van der Waals surface area contributed by atoms with E-state index in [9.17, 15) is 28.8 Å². The van der Waals surface area contributed by atoms with Gasteiger partial charge in [-0.1, -0.05) is 0 Å². The zero-order chi connectivity index (χ0) is 27.9. The molecule has 0 aliphatic carbocycles. The van der Waals surface area contributed by atoms with Crippen LogP contribution in [0.3, 0.4) is 0 Å². The van der Waals surface area contributed by atoms with Crippen molar-refractivity contribution in [3.05, 3.63) is 0 Å². The molecule has 0 spiro atoms. The van der Waals surface area contributed by atoms with E-state index in [4.69, 9.17) is 9.47 Å². The van der Waals surface area contributed by atoms with Crippen molar-refractivity contribution in [1.29, 1.82) is 0 Å². The van der Waals surface area contributed by atoms with Crippen molar-refractivity contribution in [2.24, 2.45) is 0 Å². The average molecular weight is 534 g/mol. The molecule has 13 nitrogen and oxygen atoms in total. The SMILES string of the molecule is COC(=O)[C@@H](CCCNC(=O)OC(C)(C)C)NC(=O)[C@@H](C)NC(=O)[C@@H](CSCNC(C)=O)NC(C)=O. The number of ether oxygens (including phenoxy) is 2. The van der Waals surface area contributed by atoms with Gasteiger partial charge in [0.1, 0.15) is 23.7 Å². The lowest BCUT2D eigenvalue weighted by Gasteiger charge is -2.23. The van der Waals surface area contributed by atoms with Crippen LogP contribution in [0.2, 0.25) is 0 Å². The van der Waals surface area contributed by atoms with Gasteiger partial charge in [-0.25, -0.2) is 9.59 Å². The fourth-order valence-corrected chi connectivity index (χ4v) is 3.53. The minimum atomic E-state index is -1.03. The summed E-state index contributed by atoms with van der Waals surface area (Å²) in [4.78, 5) is 71.5. The Balaban J connectivity index is 4.85. The summed E-state index contributed by atoms with van der Waals surface area (Å²) in [6.45, 7) is 9.46. The van der Waals surface area contributed by atoms with E-state index < -0.39 is 53.5 Å². The van der Waals surface area contributed by atoms with E-state index in [1.165, 1.54) is 39.6 Å². The third-order valence-corrected chi connectivity index (χ3v) is 5.21. The molecule has 5 N–H and O–H groups in total. The molecule has 36 heavy (non-hydrogen) atoms. The monoisotopic (exact) mass is 533 g/mol. The molecule has 0 aromatic carbocycles. The second-order valence-electron chi connectivity index (χ2n) is 8.89. The number of methoxy groups -OCH3 is 1. The second kappa shape index (κ2) is 16.6. The summed E-state index contributed by atoms with van der Waals surface area (Å²) in [6, 6.07) is -2.96. The number of nitrogens with one attached hydrogen (secondary N) is 5. The average Bonchev–Trinajstić information content (AvgIpc) is 2.75. The molecule has 0 unspecified atom stereocenters. The van der Waals surface area contributed by atoms with Gasteiger partial charge in [0.25, 0.3) is 0 Å². The summed E-state index contributed by atoms with van der Waals surface area (Å²) >= 11 is 1.22. The van der Waals surface area contributed by atoms with Crippen LogP contribution in [0.4, 0.5) is 4.79 Å². The Morgan fingerprint density at radius 1 is 0.861 bits per heavy atom. The van der Waals surface area contributed by atoms with Crippen LogP contribution in [-0.2, 0) is 33.4 Å². The largest absolute Gasteiger partial charge is 0.467 e. The van der Waals surface area contributed by atoms with Gasteiger partial charge in [0.15, 0.2) is 0 Å². The summed E-state index contributed by atoms with van der Waals surface area (Å²) in [6.07, 6.45) is -0.0826. The number of carbonyl (C=O) groups excluding carboxylic acids is 6. The lowest BCUT2D eigenvalue weighted by molar-refractivity contribution is -0.145. The van der Waals surface area contributed by atoms with Crippen LogP contribution in [-0.4, -0.2) is 84.7 Å². The molecule has 0 saturated carbocycles. The van der Waals surface area contributed by atoms with E-state index in [2.05, 4.69) is 26.6 Å². The van der Waals surface area contributed by atoms with Crippen LogP contribution < -0.4 is 26.6 Å². The van der Waals surface area contributed by atoms with Crippen molar-refractivity contribution < 1.29 is 38.2 Å². The Labute approximate surface area is 215 Å². The van der Waals surface area contributed by atoms with Gasteiger partial charge >= 0.3 is 12.1 Å². The maximum Gasteiger partial charge on any atom is 0.407 e. The van der Waals surface area contributed by atoms with Crippen LogP contribution in [0.25, 0.3) is 0 Å². The molecule has 0 aliphatic heterocycles. The molecule has 0 rings (SSSR count). The van der Waals surface area contributed by atoms with Gasteiger partial charge in [-0.05, 0) is 40.5 Å². The van der Waals surface area contributed by atoms with Gasteiger partial charge in [-0.15, -0.1) is 11.8 Å². The van der Waals surface area contributed by atoms with Crippen molar-refractivity contribution in [3.8, 4) is 0 Å². The fraction of sp³-hybridized carbons (Fsp3) is 0.727. The van der Waals surface area contributed by atoms with Gasteiger partial charge < -0.3 is 36.1 Å². The quantitative estimate of drug-likeness (QED) is 0.115. The Bertz CT molecular complexity index is 787. The first-order valence-electron chi connectivity index (χ1n) is 11.4. The lowest BCUT2D eigenvalue weighted by Crippen LogP contribution is -2.55. The molecule has 0 saturated heterocycles.